The van der Waals surface area contributed by atoms with Gasteiger partial charge in [-0.1, -0.05) is 287 Å². The van der Waals surface area contributed by atoms with Crippen LogP contribution in [0.3, 0.4) is 0 Å². The highest BCUT2D eigenvalue weighted by Gasteiger charge is 2.53. The number of fused-ring (bicyclic) bond motifs is 12. The number of benzene rings is 4. The van der Waals surface area contributed by atoms with Crippen LogP contribution in [0.2, 0.25) is 0 Å². The topological polar surface area (TPSA) is 133 Å². The minimum atomic E-state index is 0.0930. The maximum absolute atomic E-state index is 12.0. The molecule has 6 fully saturated rings. The summed E-state index contributed by atoms with van der Waals surface area (Å²) in [6, 6.07) is 35.1. The van der Waals surface area contributed by atoms with Gasteiger partial charge in [0.2, 0.25) is 0 Å². The molecular formula is C100H152N8O2. The summed E-state index contributed by atoms with van der Waals surface area (Å²) in [5.74, 6) is 13.5. The highest BCUT2D eigenvalue weighted by Crippen LogP contribution is 2.56. The second-order valence-electron chi connectivity index (χ2n) is 38.6. The molecule has 4 aliphatic heterocycles. The van der Waals surface area contributed by atoms with Crippen LogP contribution in [0, 0.1) is 118 Å². The molecule has 4 heterocycles. The lowest BCUT2D eigenvalue weighted by Gasteiger charge is -2.34. The van der Waals surface area contributed by atoms with Crippen LogP contribution in [0.15, 0.2) is 138 Å². The Balaban J connectivity index is 0.000000191. The SMILES string of the molecule is CC(C)C.CC(C)C.CC(C)C.CC(C)C.CC1=NN=C(c2ccc(CC(=O)C(C)C)cc2)C2C3CCC(C3)C12.CC1=NN=C(c2ccc(CC(=O)C(C)C)cc2)C2CCCCCCC12.CC1=NN=C(c2ccc(CC(C)C)cc2)C2C3CCC(C3)C12.CC1=NN=C(c2ccc(CC(C)C)cc2)C2CCCCCCC12. The van der Waals surface area contributed by atoms with Crippen LogP contribution in [0.5, 0.6) is 0 Å². The number of rotatable bonds is 14. The van der Waals surface area contributed by atoms with Gasteiger partial charge in [0.1, 0.15) is 11.6 Å². The Morgan fingerprint density at radius 1 is 0.282 bits per heavy atom. The number of hydrogen-bond donors (Lipinski definition) is 0. The molecule has 4 aromatic rings. The van der Waals surface area contributed by atoms with Crippen LogP contribution < -0.4 is 0 Å². The first-order chi connectivity index (χ1) is 52.3. The monoisotopic (exact) mass is 1500 g/mol. The smallest absolute Gasteiger partial charge is 0.139 e. The summed E-state index contributed by atoms with van der Waals surface area (Å²) in [6.45, 7) is 51.6. The maximum Gasteiger partial charge on any atom is 0.139 e. The van der Waals surface area contributed by atoms with Crippen molar-refractivity contribution in [2.24, 2.45) is 159 Å². The van der Waals surface area contributed by atoms with Gasteiger partial charge in [0.25, 0.3) is 0 Å². The Morgan fingerprint density at radius 2 is 0.518 bits per heavy atom. The fourth-order valence-corrected chi connectivity index (χ4v) is 18.3. The largest absolute Gasteiger partial charge is 0.299 e. The third-order valence-corrected chi connectivity index (χ3v) is 23.3. The van der Waals surface area contributed by atoms with Crippen molar-refractivity contribution in [3.63, 3.8) is 0 Å². The molecule has 10 nitrogen and oxygen atoms in total. The zero-order valence-electron chi connectivity index (χ0n) is 73.7. The summed E-state index contributed by atoms with van der Waals surface area (Å²) in [5, 5.41) is 36.5. The van der Waals surface area contributed by atoms with E-state index < -0.39 is 0 Å². The maximum atomic E-state index is 12.0. The molecule has 110 heavy (non-hydrogen) atoms. The van der Waals surface area contributed by atoms with Crippen LogP contribution in [-0.4, -0.2) is 57.3 Å². The Bertz CT molecular complexity index is 3700. The average molecular weight is 1500 g/mol. The zero-order chi connectivity index (χ0) is 80.5. The van der Waals surface area contributed by atoms with Gasteiger partial charge >= 0.3 is 0 Å². The van der Waals surface area contributed by atoms with E-state index in [1.807, 2.05) is 27.7 Å². The summed E-state index contributed by atoms with van der Waals surface area (Å²) in [7, 11) is 0. The summed E-state index contributed by atoms with van der Waals surface area (Å²) in [5.41, 5.74) is 19.8. The van der Waals surface area contributed by atoms with Crippen molar-refractivity contribution < 1.29 is 9.59 Å². The van der Waals surface area contributed by atoms with Gasteiger partial charge in [-0.05, 0) is 208 Å². The molecule has 0 saturated heterocycles. The van der Waals surface area contributed by atoms with Gasteiger partial charge in [0.05, 0.1) is 22.8 Å². The summed E-state index contributed by atoms with van der Waals surface area (Å²) >= 11 is 0. The van der Waals surface area contributed by atoms with E-state index in [4.69, 9.17) is 0 Å². The van der Waals surface area contributed by atoms with Gasteiger partial charge in [-0.15, -0.1) is 0 Å². The van der Waals surface area contributed by atoms with Crippen LogP contribution in [0.4, 0.5) is 0 Å². The standard InChI is InChI=1S/C22H30N2O.C21H26N2O.C21H30N2.C20H26N2.4C4H10/c1-15(2)21(25)14-17-10-12-18(13-11-17)22-20-9-7-5-4-6-8-19(20)16(3)23-24-22;1-12(2)18(24)10-14-4-6-15(7-5-14)21-20-17-9-8-16(11-17)19(20)13(3)22-23-21;1-15(2)14-17-10-12-18(13-11-17)21-20-9-7-5-4-6-8-19(20)16(3)22-23-21;1-12(2)10-14-4-6-15(7-5-14)20-19-17-9-8-16(11-17)18(19)13(3)21-22-20;4*1-4(2)3/h10-13,15,19-20H,4-9,14H2,1-3H3;4-7,12,16-17,19-20H,8-11H2,1-3H3;10-13,15,19-20H,4-9,14H2,1-3H3;4-7,12,16-19H,8-11H2,1-3H3;4*4H,1-3H3. The lowest BCUT2D eigenvalue weighted by Crippen LogP contribution is -2.36. The Labute approximate surface area is 671 Å². The first kappa shape index (κ1) is 90.8. The quantitative estimate of drug-likeness (QED) is 0.124. The van der Waals surface area contributed by atoms with Crippen molar-refractivity contribution in [3.8, 4) is 0 Å². The van der Waals surface area contributed by atoms with E-state index in [0.717, 1.165) is 77.0 Å². The molecular weight excluding hydrogens is 1350 g/mol. The molecule has 4 bridgehead atoms. The number of nitrogens with zero attached hydrogens (tertiary/aromatic N) is 8. The van der Waals surface area contributed by atoms with Crippen LogP contribution >= 0.6 is 0 Å². The van der Waals surface area contributed by atoms with Crippen molar-refractivity contribution in [1.82, 2.24) is 0 Å². The van der Waals surface area contributed by atoms with Gasteiger partial charge in [-0.2, -0.15) is 40.8 Å². The predicted molar refractivity (Wildman–Crippen MR) is 476 cm³/mol. The Morgan fingerprint density at radius 3 is 0.791 bits per heavy atom. The minimum absolute atomic E-state index is 0.0930. The van der Waals surface area contributed by atoms with Crippen LogP contribution in [0.1, 0.15) is 326 Å². The number of carbonyl (C=O) groups is 2. The van der Waals surface area contributed by atoms with Crippen molar-refractivity contribution in [2.75, 3.05) is 0 Å². The molecule has 604 valence electrons. The molecule has 10 aliphatic rings. The van der Waals surface area contributed by atoms with Gasteiger partial charge in [0, 0.05) is 94.9 Å². The fraction of sp³-hybridized carbons (Fsp3) is 0.660. The molecule has 10 heteroatoms. The third-order valence-electron chi connectivity index (χ3n) is 23.3. The number of Topliss-reactive ketones (excluding diaryl/α,β-unsaturated/α-hetero) is 2. The lowest BCUT2D eigenvalue weighted by molar-refractivity contribution is -0.122. The van der Waals surface area contributed by atoms with E-state index in [0.29, 0.717) is 83.6 Å². The van der Waals surface area contributed by atoms with Crippen molar-refractivity contribution in [3.05, 3.63) is 142 Å². The van der Waals surface area contributed by atoms with E-state index in [2.05, 4.69) is 276 Å². The highest BCUT2D eigenvalue weighted by molar-refractivity contribution is 6.10. The molecule has 6 aliphatic carbocycles. The number of carbonyl (C=O) groups excluding carboxylic acids is 2. The van der Waals surface area contributed by atoms with Crippen molar-refractivity contribution >= 4 is 57.3 Å². The van der Waals surface area contributed by atoms with Gasteiger partial charge in [0.15, 0.2) is 0 Å². The first-order valence-electron chi connectivity index (χ1n) is 44.2. The van der Waals surface area contributed by atoms with Crippen LogP contribution in [0.25, 0.3) is 0 Å². The molecule has 0 radical (unpaired) electrons. The second kappa shape index (κ2) is 44.9. The van der Waals surface area contributed by atoms with Crippen molar-refractivity contribution in [2.45, 2.75) is 307 Å². The summed E-state index contributed by atoms with van der Waals surface area (Å²) < 4.78 is 0. The molecule has 12 unspecified atom stereocenters. The van der Waals surface area contributed by atoms with E-state index >= 15 is 0 Å². The molecule has 0 N–H and O–H groups in total. The zero-order valence-corrected chi connectivity index (χ0v) is 73.7. The van der Waals surface area contributed by atoms with Gasteiger partial charge < -0.3 is 0 Å². The Hall–Kier alpha value is -6.42. The van der Waals surface area contributed by atoms with Gasteiger partial charge in [-0.3, -0.25) is 9.59 Å². The molecule has 6 saturated carbocycles. The molecule has 0 spiro atoms. The van der Waals surface area contributed by atoms with Crippen LogP contribution in [-0.2, 0) is 35.3 Å². The number of hydrogen-bond acceptors (Lipinski definition) is 10. The fourth-order valence-electron chi connectivity index (χ4n) is 18.3. The molecule has 0 aromatic heterocycles. The summed E-state index contributed by atoms with van der Waals surface area (Å²) in [6.07, 6.45) is 27.3. The third kappa shape index (κ3) is 27.4. The normalized spacial score (nSPS) is 25.4. The molecule has 14 rings (SSSR count). The first-order valence-corrected chi connectivity index (χ1v) is 44.2. The van der Waals surface area contributed by atoms with E-state index in [1.54, 1.807) is 0 Å². The van der Waals surface area contributed by atoms with E-state index in [-0.39, 0.29) is 11.8 Å². The minimum Gasteiger partial charge on any atom is -0.299 e. The van der Waals surface area contributed by atoms with E-state index in [1.165, 1.54) is 189 Å². The van der Waals surface area contributed by atoms with E-state index in [9.17, 15) is 9.59 Å². The summed E-state index contributed by atoms with van der Waals surface area (Å²) in [4.78, 5) is 23.9. The Kier molecular flexibility index (Phi) is 37.0. The van der Waals surface area contributed by atoms with Crippen molar-refractivity contribution in [1.29, 1.82) is 0 Å². The predicted octanol–water partition coefficient (Wildman–Crippen LogP) is 26.5. The average Bonchev–Trinajstić information content (AvgIpc) is 1.59. The van der Waals surface area contributed by atoms with Gasteiger partial charge in [-0.25, -0.2) is 0 Å². The second-order valence-corrected chi connectivity index (χ2v) is 38.6. The molecule has 12 atom stereocenters. The number of ketones is 2. The lowest BCUT2D eigenvalue weighted by atomic mass is 9.72. The highest BCUT2D eigenvalue weighted by atomic mass is 16.1. The molecule has 0 amide bonds. The molecule has 4 aromatic carbocycles.